The minimum absolute atomic E-state index is 0.0149. The van der Waals surface area contributed by atoms with Gasteiger partial charge in [0.15, 0.2) is 18.1 Å². The van der Waals surface area contributed by atoms with Crippen molar-refractivity contribution in [1.29, 1.82) is 0 Å². The van der Waals surface area contributed by atoms with Gasteiger partial charge >= 0.3 is 5.97 Å². The van der Waals surface area contributed by atoms with Crippen molar-refractivity contribution >= 4 is 23.5 Å². The van der Waals surface area contributed by atoms with E-state index in [1.165, 1.54) is 0 Å². The van der Waals surface area contributed by atoms with Crippen molar-refractivity contribution in [3.63, 3.8) is 0 Å². The standard InChI is InChI=1S/C26H28N2O6/c29-24(27-14-17-9-10-22-23(13-17)34-16-33-22)15-32-26(31)20-7-3-2-6-19(20)25(30)28-12-11-18-5-1-4-8-21(18)28/h1,4-5,8-10,13,19-20H,2-3,6-7,11-12,14-16H2,(H,27,29). The SMILES string of the molecule is O=C(COC(=O)C1CCCCC1C(=O)N1CCc2ccccc21)NCc1ccc2c(c1)OCO2. The number of hydrogen-bond acceptors (Lipinski definition) is 6. The Kier molecular flexibility index (Phi) is 6.38. The minimum Gasteiger partial charge on any atom is -0.455 e. The van der Waals surface area contributed by atoms with Crippen molar-refractivity contribution in [2.24, 2.45) is 11.8 Å². The van der Waals surface area contributed by atoms with Crippen molar-refractivity contribution in [3.8, 4) is 11.5 Å². The number of amides is 2. The number of hydrogen-bond donors (Lipinski definition) is 1. The molecule has 1 fully saturated rings. The van der Waals surface area contributed by atoms with Gasteiger partial charge in [0, 0.05) is 18.8 Å². The molecule has 2 unspecified atom stereocenters. The molecule has 2 aromatic rings. The number of para-hydroxylation sites is 1. The van der Waals surface area contributed by atoms with E-state index < -0.39 is 23.7 Å². The zero-order valence-electron chi connectivity index (χ0n) is 19.0. The zero-order valence-corrected chi connectivity index (χ0v) is 19.0. The smallest absolute Gasteiger partial charge is 0.310 e. The highest BCUT2D eigenvalue weighted by atomic mass is 16.7. The predicted octanol–water partition coefficient (Wildman–Crippen LogP) is 2.97. The van der Waals surface area contributed by atoms with E-state index in [-0.39, 0.29) is 25.9 Å². The van der Waals surface area contributed by atoms with Crippen LogP contribution in [0.15, 0.2) is 42.5 Å². The molecule has 0 saturated heterocycles. The van der Waals surface area contributed by atoms with Gasteiger partial charge in [0.1, 0.15) is 0 Å². The van der Waals surface area contributed by atoms with E-state index in [1.807, 2.05) is 41.3 Å². The average molecular weight is 465 g/mol. The molecule has 178 valence electrons. The molecule has 0 spiro atoms. The van der Waals surface area contributed by atoms with Gasteiger partial charge in [0.05, 0.1) is 11.8 Å². The first-order valence-electron chi connectivity index (χ1n) is 11.8. The largest absolute Gasteiger partial charge is 0.455 e. The summed E-state index contributed by atoms with van der Waals surface area (Å²) in [4.78, 5) is 40.3. The molecule has 2 atom stereocenters. The third-order valence-corrected chi connectivity index (χ3v) is 6.81. The first kappa shape index (κ1) is 22.3. The van der Waals surface area contributed by atoms with E-state index in [0.29, 0.717) is 30.9 Å². The molecule has 2 aromatic carbocycles. The van der Waals surface area contributed by atoms with Crippen LogP contribution >= 0.6 is 0 Å². The van der Waals surface area contributed by atoms with Crippen molar-refractivity contribution < 1.29 is 28.6 Å². The maximum atomic E-state index is 13.4. The van der Waals surface area contributed by atoms with Gasteiger partial charge < -0.3 is 24.4 Å². The molecule has 2 heterocycles. The Morgan fingerprint density at radius 2 is 1.79 bits per heavy atom. The van der Waals surface area contributed by atoms with E-state index in [9.17, 15) is 14.4 Å². The fraction of sp³-hybridized carbons (Fsp3) is 0.423. The fourth-order valence-electron chi connectivity index (χ4n) is 5.02. The van der Waals surface area contributed by atoms with E-state index in [2.05, 4.69) is 5.32 Å². The third kappa shape index (κ3) is 4.58. The highest BCUT2D eigenvalue weighted by Gasteiger charge is 2.40. The molecule has 0 aromatic heterocycles. The number of fused-ring (bicyclic) bond motifs is 2. The van der Waals surface area contributed by atoms with Gasteiger partial charge in [0.25, 0.3) is 5.91 Å². The molecule has 8 heteroatoms. The number of ether oxygens (including phenoxy) is 3. The van der Waals surface area contributed by atoms with Crippen LogP contribution in [0.4, 0.5) is 5.69 Å². The second-order valence-corrected chi connectivity index (χ2v) is 8.94. The normalized spacial score (nSPS) is 20.5. The van der Waals surface area contributed by atoms with Gasteiger partial charge in [-0.3, -0.25) is 14.4 Å². The highest BCUT2D eigenvalue weighted by molar-refractivity contribution is 5.99. The van der Waals surface area contributed by atoms with Crippen LogP contribution in [0.5, 0.6) is 11.5 Å². The number of nitrogens with one attached hydrogen (secondary N) is 1. The lowest BCUT2D eigenvalue weighted by molar-refractivity contribution is -0.157. The van der Waals surface area contributed by atoms with Crippen LogP contribution in [-0.2, 0) is 32.1 Å². The summed E-state index contributed by atoms with van der Waals surface area (Å²) in [5.74, 6) is -0.481. The third-order valence-electron chi connectivity index (χ3n) is 6.81. The number of carbonyl (C=O) groups excluding carboxylic acids is 3. The molecule has 1 saturated carbocycles. The molecule has 0 radical (unpaired) electrons. The molecule has 2 aliphatic heterocycles. The molecular formula is C26H28N2O6. The number of anilines is 1. The molecule has 5 rings (SSSR count). The van der Waals surface area contributed by atoms with E-state index in [4.69, 9.17) is 14.2 Å². The fourth-order valence-corrected chi connectivity index (χ4v) is 5.02. The molecule has 3 aliphatic rings. The number of carbonyl (C=O) groups is 3. The molecule has 0 bridgehead atoms. The Balaban J connectivity index is 1.15. The summed E-state index contributed by atoms with van der Waals surface area (Å²) in [7, 11) is 0. The maximum absolute atomic E-state index is 13.4. The second kappa shape index (κ2) is 9.75. The zero-order chi connectivity index (χ0) is 23.5. The van der Waals surface area contributed by atoms with Crippen LogP contribution in [0.25, 0.3) is 0 Å². The van der Waals surface area contributed by atoms with Crippen molar-refractivity contribution in [2.75, 3.05) is 24.8 Å². The topological polar surface area (TPSA) is 94.2 Å². The van der Waals surface area contributed by atoms with E-state index >= 15 is 0 Å². The Morgan fingerprint density at radius 3 is 2.68 bits per heavy atom. The summed E-state index contributed by atoms with van der Waals surface area (Å²) in [5, 5.41) is 2.75. The molecule has 2 amide bonds. The first-order chi connectivity index (χ1) is 16.6. The summed E-state index contributed by atoms with van der Waals surface area (Å²) < 4.78 is 16.0. The van der Waals surface area contributed by atoms with Gasteiger partial charge in [-0.15, -0.1) is 0 Å². The Hall–Kier alpha value is -3.55. The summed E-state index contributed by atoms with van der Waals surface area (Å²) >= 11 is 0. The van der Waals surface area contributed by atoms with E-state index in [1.54, 1.807) is 6.07 Å². The predicted molar refractivity (Wildman–Crippen MR) is 123 cm³/mol. The summed E-state index contributed by atoms with van der Waals surface area (Å²) in [5.41, 5.74) is 2.95. The molecule has 1 aliphatic carbocycles. The van der Waals surface area contributed by atoms with Crippen LogP contribution in [0.1, 0.15) is 36.8 Å². The van der Waals surface area contributed by atoms with Crippen LogP contribution in [0.2, 0.25) is 0 Å². The lowest BCUT2D eigenvalue weighted by Crippen LogP contribution is -2.43. The Labute approximate surface area is 198 Å². The average Bonchev–Trinajstić information content (AvgIpc) is 3.52. The molecule has 34 heavy (non-hydrogen) atoms. The van der Waals surface area contributed by atoms with Crippen LogP contribution < -0.4 is 19.7 Å². The number of rotatable bonds is 6. The minimum atomic E-state index is -0.518. The van der Waals surface area contributed by atoms with Gasteiger partial charge in [-0.25, -0.2) is 0 Å². The number of benzene rings is 2. The monoisotopic (exact) mass is 464 g/mol. The quantitative estimate of drug-likeness (QED) is 0.661. The van der Waals surface area contributed by atoms with Crippen LogP contribution in [-0.4, -0.2) is 37.7 Å². The highest BCUT2D eigenvalue weighted by Crippen LogP contribution is 2.36. The summed E-state index contributed by atoms with van der Waals surface area (Å²) in [6.45, 7) is 0.744. The van der Waals surface area contributed by atoms with Crippen LogP contribution in [0, 0.1) is 11.8 Å². The van der Waals surface area contributed by atoms with Crippen LogP contribution in [0.3, 0.4) is 0 Å². The van der Waals surface area contributed by atoms with Crippen molar-refractivity contribution in [2.45, 2.75) is 38.6 Å². The van der Waals surface area contributed by atoms with Gasteiger partial charge in [-0.05, 0) is 48.6 Å². The van der Waals surface area contributed by atoms with Crippen molar-refractivity contribution in [3.05, 3.63) is 53.6 Å². The summed E-state index contributed by atoms with van der Waals surface area (Å²) in [6, 6.07) is 13.4. The second-order valence-electron chi connectivity index (χ2n) is 8.94. The summed E-state index contributed by atoms with van der Waals surface area (Å²) in [6.07, 6.45) is 3.87. The molecule has 8 nitrogen and oxygen atoms in total. The van der Waals surface area contributed by atoms with Gasteiger partial charge in [-0.1, -0.05) is 37.1 Å². The number of esters is 1. The van der Waals surface area contributed by atoms with Crippen molar-refractivity contribution in [1.82, 2.24) is 5.32 Å². The molecular weight excluding hydrogens is 436 g/mol. The Bertz CT molecular complexity index is 1100. The maximum Gasteiger partial charge on any atom is 0.310 e. The van der Waals surface area contributed by atoms with Gasteiger partial charge in [0.2, 0.25) is 12.7 Å². The lowest BCUT2D eigenvalue weighted by atomic mass is 9.78. The van der Waals surface area contributed by atoms with E-state index in [0.717, 1.165) is 36.1 Å². The first-order valence-corrected chi connectivity index (χ1v) is 11.8. The Morgan fingerprint density at radius 1 is 1.00 bits per heavy atom. The molecule has 1 N–H and O–H groups in total. The van der Waals surface area contributed by atoms with Gasteiger partial charge in [-0.2, -0.15) is 0 Å². The number of nitrogens with zero attached hydrogens (tertiary/aromatic N) is 1. The lowest BCUT2D eigenvalue weighted by Gasteiger charge is -2.32.